The summed E-state index contributed by atoms with van der Waals surface area (Å²) in [5, 5.41) is 4.27. The number of aromatic nitrogens is 4. The van der Waals surface area contributed by atoms with E-state index in [1.54, 1.807) is 10.7 Å². The van der Waals surface area contributed by atoms with E-state index in [9.17, 15) is 0 Å². The second-order valence-corrected chi connectivity index (χ2v) is 3.76. The Bertz CT molecular complexity index is 515. The zero-order chi connectivity index (χ0) is 11.7. The van der Waals surface area contributed by atoms with Gasteiger partial charge in [0.15, 0.2) is 5.82 Å². The fraction of sp³-hybridized carbons (Fsp3) is 0.364. The van der Waals surface area contributed by atoms with Gasteiger partial charge in [-0.2, -0.15) is 5.10 Å². The van der Waals surface area contributed by atoms with Crippen LogP contribution in [0.15, 0.2) is 12.3 Å². The average molecular weight is 217 g/mol. The third-order valence-corrected chi connectivity index (χ3v) is 2.42. The molecule has 2 heterocycles. The smallest absolute Gasteiger partial charge is 0.165 e. The molecule has 16 heavy (non-hydrogen) atoms. The van der Waals surface area contributed by atoms with Crippen molar-refractivity contribution < 1.29 is 0 Å². The highest BCUT2D eigenvalue weighted by Gasteiger charge is 2.10. The van der Waals surface area contributed by atoms with Gasteiger partial charge in [-0.3, -0.25) is 4.68 Å². The highest BCUT2D eigenvalue weighted by atomic mass is 15.3. The van der Waals surface area contributed by atoms with E-state index >= 15 is 0 Å². The lowest BCUT2D eigenvalue weighted by molar-refractivity contribution is 0.756. The van der Waals surface area contributed by atoms with E-state index < -0.39 is 0 Å². The molecule has 0 aliphatic rings. The summed E-state index contributed by atoms with van der Waals surface area (Å²) in [4.78, 5) is 8.69. The second kappa shape index (κ2) is 3.92. The Hall–Kier alpha value is -1.91. The molecule has 0 aliphatic heterocycles. The first-order chi connectivity index (χ1) is 7.60. The first kappa shape index (κ1) is 10.6. The van der Waals surface area contributed by atoms with Gasteiger partial charge in [0.25, 0.3) is 0 Å². The Labute approximate surface area is 94.3 Å². The van der Waals surface area contributed by atoms with E-state index in [0.29, 0.717) is 11.6 Å². The summed E-state index contributed by atoms with van der Waals surface area (Å²) in [5.41, 5.74) is 8.55. The lowest BCUT2D eigenvalue weighted by Gasteiger charge is -2.02. The van der Waals surface area contributed by atoms with Crippen LogP contribution in [0.1, 0.15) is 18.3 Å². The summed E-state index contributed by atoms with van der Waals surface area (Å²) in [7, 11) is 1.88. The van der Waals surface area contributed by atoms with Crippen LogP contribution >= 0.6 is 0 Å². The normalized spacial score (nSPS) is 10.7. The minimum atomic E-state index is 0.505. The van der Waals surface area contributed by atoms with Crippen LogP contribution < -0.4 is 5.73 Å². The van der Waals surface area contributed by atoms with E-state index in [1.165, 1.54) is 0 Å². The van der Waals surface area contributed by atoms with Crippen LogP contribution in [-0.2, 0) is 13.5 Å². The zero-order valence-electron chi connectivity index (χ0n) is 9.73. The Morgan fingerprint density at radius 3 is 2.69 bits per heavy atom. The molecule has 0 radical (unpaired) electrons. The third-order valence-electron chi connectivity index (χ3n) is 2.42. The van der Waals surface area contributed by atoms with Crippen molar-refractivity contribution in [1.82, 2.24) is 19.7 Å². The number of hydrogen-bond acceptors (Lipinski definition) is 4. The predicted octanol–water partition coefficient (Wildman–Crippen LogP) is 1.33. The fourth-order valence-electron chi connectivity index (χ4n) is 1.64. The maximum Gasteiger partial charge on any atom is 0.165 e. The molecule has 84 valence electrons. The number of rotatable bonds is 2. The van der Waals surface area contributed by atoms with Crippen molar-refractivity contribution in [1.29, 1.82) is 0 Å². The van der Waals surface area contributed by atoms with Crippen LogP contribution in [0.3, 0.4) is 0 Å². The number of nitrogens with two attached hydrogens (primary N) is 1. The molecule has 0 saturated carbocycles. The van der Waals surface area contributed by atoms with Crippen LogP contribution in [0.5, 0.6) is 0 Å². The first-order valence-electron chi connectivity index (χ1n) is 5.24. The summed E-state index contributed by atoms with van der Waals surface area (Å²) in [6.45, 7) is 3.98. The summed E-state index contributed by atoms with van der Waals surface area (Å²) >= 11 is 0. The number of nitrogens with zero attached hydrogens (tertiary/aromatic N) is 4. The molecule has 0 atom stereocenters. The standard InChI is InChI=1S/C11H15N5/c1-4-8-5-10(12)14-11(13-8)9-6-16(3)15-7(9)2/h5-6H,4H2,1-3H3,(H2,12,13,14). The summed E-state index contributed by atoms with van der Waals surface area (Å²) in [6.07, 6.45) is 2.75. The van der Waals surface area contributed by atoms with Crippen LogP contribution in [0, 0.1) is 6.92 Å². The van der Waals surface area contributed by atoms with Gasteiger partial charge >= 0.3 is 0 Å². The van der Waals surface area contributed by atoms with Crippen molar-refractivity contribution in [2.45, 2.75) is 20.3 Å². The molecule has 5 nitrogen and oxygen atoms in total. The van der Waals surface area contributed by atoms with E-state index in [2.05, 4.69) is 15.1 Å². The number of hydrogen-bond donors (Lipinski definition) is 1. The third kappa shape index (κ3) is 1.88. The SMILES string of the molecule is CCc1cc(N)nc(-c2cn(C)nc2C)n1. The van der Waals surface area contributed by atoms with Crippen molar-refractivity contribution >= 4 is 5.82 Å². The molecule has 2 aromatic rings. The molecule has 0 spiro atoms. The summed E-state index contributed by atoms with van der Waals surface area (Å²) < 4.78 is 1.75. The van der Waals surface area contributed by atoms with E-state index in [-0.39, 0.29) is 0 Å². The van der Waals surface area contributed by atoms with E-state index in [0.717, 1.165) is 23.4 Å². The van der Waals surface area contributed by atoms with Crippen molar-refractivity contribution in [2.75, 3.05) is 5.73 Å². The van der Waals surface area contributed by atoms with Crippen LogP contribution in [-0.4, -0.2) is 19.7 Å². The maximum atomic E-state index is 5.75. The molecule has 0 amide bonds. The van der Waals surface area contributed by atoms with E-state index in [1.807, 2.05) is 27.1 Å². The molecule has 0 aromatic carbocycles. The molecule has 0 aliphatic carbocycles. The Morgan fingerprint density at radius 2 is 2.12 bits per heavy atom. The molecular formula is C11H15N5. The topological polar surface area (TPSA) is 69.6 Å². The van der Waals surface area contributed by atoms with E-state index in [4.69, 9.17) is 5.73 Å². The molecule has 5 heteroatoms. The van der Waals surface area contributed by atoms with Gasteiger partial charge in [0.05, 0.1) is 11.3 Å². The Kier molecular flexibility index (Phi) is 2.60. The fourth-order valence-corrected chi connectivity index (χ4v) is 1.64. The average Bonchev–Trinajstić information content (AvgIpc) is 2.57. The summed E-state index contributed by atoms with van der Waals surface area (Å²) in [5.74, 6) is 1.16. The van der Waals surface area contributed by atoms with Crippen LogP contribution in [0.2, 0.25) is 0 Å². The highest BCUT2D eigenvalue weighted by molar-refractivity contribution is 5.58. The van der Waals surface area contributed by atoms with Gasteiger partial charge in [-0.1, -0.05) is 6.92 Å². The molecule has 0 bridgehead atoms. The molecule has 2 N–H and O–H groups in total. The van der Waals surface area contributed by atoms with Crippen molar-refractivity contribution in [3.63, 3.8) is 0 Å². The van der Waals surface area contributed by atoms with Gasteiger partial charge in [0.1, 0.15) is 5.82 Å². The zero-order valence-corrected chi connectivity index (χ0v) is 9.73. The number of anilines is 1. The molecule has 2 rings (SSSR count). The number of aryl methyl sites for hydroxylation is 3. The van der Waals surface area contributed by atoms with Gasteiger partial charge in [-0.05, 0) is 13.3 Å². The van der Waals surface area contributed by atoms with Gasteiger partial charge in [-0.25, -0.2) is 9.97 Å². The maximum absolute atomic E-state index is 5.75. The minimum Gasteiger partial charge on any atom is -0.384 e. The monoisotopic (exact) mass is 217 g/mol. The lowest BCUT2D eigenvalue weighted by Crippen LogP contribution is -1.99. The lowest BCUT2D eigenvalue weighted by atomic mass is 10.2. The predicted molar refractivity (Wildman–Crippen MR) is 62.8 cm³/mol. The molecule has 0 fully saturated rings. The summed E-state index contributed by atoms with van der Waals surface area (Å²) in [6, 6.07) is 1.80. The minimum absolute atomic E-state index is 0.505. The van der Waals surface area contributed by atoms with Crippen molar-refractivity contribution in [3.8, 4) is 11.4 Å². The molecule has 0 unspecified atom stereocenters. The van der Waals surface area contributed by atoms with Gasteiger partial charge in [0, 0.05) is 25.0 Å². The van der Waals surface area contributed by atoms with Crippen LogP contribution in [0.25, 0.3) is 11.4 Å². The molecular weight excluding hydrogens is 202 g/mol. The quantitative estimate of drug-likeness (QED) is 0.823. The largest absolute Gasteiger partial charge is 0.384 e. The van der Waals surface area contributed by atoms with Gasteiger partial charge in [0.2, 0.25) is 0 Å². The number of nitrogen functional groups attached to an aromatic ring is 1. The van der Waals surface area contributed by atoms with Gasteiger partial charge < -0.3 is 5.73 Å². The Morgan fingerprint density at radius 1 is 1.38 bits per heavy atom. The second-order valence-electron chi connectivity index (χ2n) is 3.76. The molecule has 0 saturated heterocycles. The highest BCUT2D eigenvalue weighted by Crippen LogP contribution is 2.19. The Balaban J connectivity index is 2.55. The first-order valence-corrected chi connectivity index (χ1v) is 5.24. The van der Waals surface area contributed by atoms with Crippen molar-refractivity contribution in [2.24, 2.45) is 7.05 Å². The van der Waals surface area contributed by atoms with Crippen LogP contribution in [0.4, 0.5) is 5.82 Å². The van der Waals surface area contributed by atoms with Crippen molar-refractivity contribution in [3.05, 3.63) is 23.7 Å². The van der Waals surface area contributed by atoms with Gasteiger partial charge in [-0.15, -0.1) is 0 Å². The molecule has 2 aromatic heterocycles.